The minimum absolute atomic E-state index is 0.0329. The zero-order valence-electron chi connectivity index (χ0n) is 26.8. The average molecular weight is 765 g/mol. The Bertz CT molecular complexity index is 2320. The lowest BCUT2D eigenvalue weighted by Gasteiger charge is -2.11. The van der Waals surface area contributed by atoms with Crippen LogP contribution >= 0.6 is 0 Å². The first-order valence-electron chi connectivity index (χ1n) is 14.6. The summed E-state index contributed by atoms with van der Waals surface area (Å²) in [6.07, 6.45) is -3.62. The van der Waals surface area contributed by atoms with Crippen LogP contribution in [0.3, 0.4) is 0 Å². The number of sulfonamides is 2. The molecule has 12 nitrogen and oxygen atoms in total. The summed E-state index contributed by atoms with van der Waals surface area (Å²) in [7, 11) is -8.33. The van der Waals surface area contributed by atoms with Gasteiger partial charge in [-0.3, -0.25) is 19.1 Å². The van der Waals surface area contributed by atoms with Gasteiger partial charge in [-0.05, 0) is 67.4 Å². The summed E-state index contributed by atoms with van der Waals surface area (Å²) < 4.78 is 129. The molecule has 0 saturated carbocycles. The van der Waals surface area contributed by atoms with Gasteiger partial charge in [0.1, 0.15) is 21.3 Å². The number of pyridine rings is 2. The number of benzene rings is 2. The third-order valence-electron chi connectivity index (χ3n) is 7.13. The van der Waals surface area contributed by atoms with Crippen LogP contribution in [0.1, 0.15) is 22.5 Å². The second-order valence-corrected chi connectivity index (χ2v) is 14.2. The van der Waals surface area contributed by atoms with E-state index in [2.05, 4.69) is 19.9 Å². The lowest BCUT2D eigenvalue weighted by Crippen LogP contribution is -2.15. The molecule has 6 rings (SSSR count). The number of imidazole rings is 2. The van der Waals surface area contributed by atoms with Crippen LogP contribution in [0, 0.1) is 13.8 Å². The van der Waals surface area contributed by atoms with Gasteiger partial charge in [-0.25, -0.2) is 37.1 Å². The van der Waals surface area contributed by atoms with Crippen LogP contribution in [-0.4, -0.2) is 45.9 Å². The molecule has 0 aliphatic rings. The predicted molar refractivity (Wildman–Crippen MR) is 176 cm³/mol. The highest BCUT2D eigenvalue weighted by atomic mass is 32.2. The number of hydrogen-bond donors (Lipinski definition) is 2. The molecular weight excluding hydrogens is 739 g/mol. The predicted octanol–water partition coefficient (Wildman–Crippen LogP) is 5.82. The van der Waals surface area contributed by atoms with Gasteiger partial charge in [0, 0.05) is 36.5 Å². The lowest BCUT2D eigenvalue weighted by molar-refractivity contribution is -0.141. The number of alkyl halides is 6. The maximum atomic E-state index is 13.2. The van der Waals surface area contributed by atoms with Crippen LogP contribution < -0.4 is 10.3 Å². The first kappa shape index (κ1) is 37.8. The van der Waals surface area contributed by atoms with Crippen LogP contribution in [0.25, 0.3) is 34.3 Å². The Morgan fingerprint density at radius 2 is 1.12 bits per heavy atom. The molecule has 0 atom stereocenters. The molecule has 0 aliphatic heterocycles. The van der Waals surface area contributed by atoms with Crippen molar-refractivity contribution in [1.82, 2.24) is 29.1 Å². The maximum Gasteiger partial charge on any atom is 0.434 e. The average Bonchev–Trinajstić information content (AvgIpc) is 3.71. The molecule has 0 amide bonds. The summed E-state index contributed by atoms with van der Waals surface area (Å²) in [6.45, 7) is 3.48. The van der Waals surface area contributed by atoms with Crippen molar-refractivity contribution in [2.75, 3.05) is 0 Å². The van der Waals surface area contributed by atoms with Gasteiger partial charge < -0.3 is 0 Å². The fourth-order valence-electron chi connectivity index (χ4n) is 4.91. The Balaban J connectivity index is 0.000000201. The number of nitrogens with two attached hydrogens (primary N) is 2. The summed E-state index contributed by atoms with van der Waals surface area (Å²) in [6, 6.07) is 15.8. The fourth-order valence-corrected chi connectivity index (χ4v) is 6.37. The van der Waals surface area contributed by atoms with E-state index in [1.165, 1.54) is 60.9 Å². The van der Waals surface area contributed by atoms with Crippen LogP contribution in [0.2, 0.25) is 0 Å². The molecule has 0 saturated heterocycles. The molecule has 0 aliphatic carbocycles. The van der Waals surface area contributed by atoms with E-state index >= 15 is 0 Å². The van der Waals surface area contributed by atoms with Crippen molar-refractivity contribution in [2.45, 2.75) is 36.0 Å². The smallest absolute Gasteiger partial charge is 0.298 e. The van der Waals surface area contributed by atoms with Crippen LogP contribution in [0.15, 0.2) is 108 Å². The van der Waals surface area contributed by atoms with Crippen molar-refractivity contribution in [2.24, 2.45) is 10.3 Å². The van der Waals surface area contributed by atoms with E-state index in [0.29, 0.717) is 11.1 Å². The number of halogens is 6. The Hall–Kier alpha value is -5.44. The van der Waals surface area contributed by atoms with Crippen LogP contribution in [0.5, 0.6) is 0 Å². The van der Waals surface area contributed by atoms with Crippen molar-refractivity contribution >= 4 is 20.0 Å². The number of aryl methyl sites for hydroxylation is 2. The summed E-state index contributed by atoms with van der Waals surface area (Å²) in [5.74, 6) is -0.234. The molecule has 4 N–H and O–H groups in total. The first-order valence-corrected chi connectivity index (χ1v) is 17.7. The largest absolute Gasteiger partial charge is 0.434 e. The molecule has 0 radical (unpaired) electrons. The van der Waals surface area contributed by atoms with Crippen LogP contribution in [-0.2, 0) is 32.4 Å². The monoisotopic (exact) mass is 764 g/mol. The van der Waals surface area contributed by atoms with Crippen molar-refractivity contribution < 1.29 is 43.2 Å². The Labute approximate surface area is 292 Å². The molecule has 20 heteroatoms. The third-order valence-corrected chi connectivity index (χ3v) is 9.05. The number of primary sulfonamides is 2. The Morgan fingerprint density at radius 3 is 1.58 bits per heavy atom. The van der Waals surface area contributed by atoms with Gasteiger partial charge in [0.15, 0.2) is 17.2 Å². The van der Waals surface area contributed by atoms with Gasteiger partial charge in [0.2, 0.25) is 20.0 Å². The van der Waals surface area contributed by atoms with E-state index < -0.39 is 43.8 Å². The molecule has 0 fully saturated rings. The van der Waals surface area contributed by atoms with Gasteiger partial charge in [0.05, 0.1) is 11.4 Å². The number of aromatic nitrogens is 6. The van der Waals surface area contributed by atoms with E-state index in [1.54, 1.807) is 38.2 Å². The molecular formula is C32H26F6N8O4S2. The van der Waals surface area contributed by atoms with Crippen molar-refractivity contribution in [3.05, 3.63) is 120 Å². The highest BCUT2D eigenvalue weighted by Crippen LogP contribution is 2.35. The SMILES string of the molecule is Cc1ccnc(-c2nc(C(F)(F)F)cn2-c2ccccc2S(N)(=O)=O)c1.Cc1cncc(-c2nc(C(F)(F)F)cn2-c2ccccc2S(N)(=O)=O)c1. The summed E-state index contributed by atoms with van der Waals surface area (Å²) >= 11 is 0. The summed E-state index contributed by atoms with van der Waals surface area (Å²) in [4.78, 5) is 14.7. The highest BCUT2D eigenvalue weighted by Gasteiger charge is 2.37. The van der Waals surface area contributed by atoms with E-state index in [9.17, 15) is 43.2 Å². The lowest BCUT2D eigenvalue weighted by atomic mass is 10.2. The number of hydrogen-bond acceptors (Lipinski definition) is 8. The molecule has 0 bridgehead atoms. The van der Waals surface area contributed by atoms with Gasteiger partial charge in [-0.1, -0.05) is 24.3 Å². The molecule has 4 aromatic heterocycles. The minimum Gasteiger partial charge on any atom is -0.298 e. The van der Waals surface area contributed by atoms with E-state index in [4.69, 9.17) is 10.3 Å². The summed E-state index contributed by atoms with van der Waals surface area (Å²) in [5, 5.41) is 10.4. The molecule has 2 aromatic carbocycles. The van der Waals surface area contributed by atoms with Crippen LogP contribution in [0.4, 0.5) is 26.3 Å². The second-order valence-electron chi connectivity index (χ2n) is 11.1. The molecule has 52 heavy (non-hydrogen) atoms. The maximum absolute atomic E-state index is 13.2. The summed E-state index contributed by atoms with van der Waals surface area (Å²) in [5.41, 5.74) is -0.443. The van der Waals surface area contributed by atoms with E-state index in [-0.39, 0.29) is 38.5 Å². The third kappa shape index (κ3) is 8.36. The zero-order valence-corrected chi connectivity index (χ0v) is 28.4. The zero-order chi connectivity index (χ0) is 38.2. The Morgan fingerprint density at radius 1 is 0.635 bits per heavy atom. The first-order chi connectivity index (χ1) is 24.1. The normalized spacial score (nSPS) is 12.3. The number of nitrogens with zero attached hydrogens (tertiary/aromatic N) is 6. The molecule has 0 spiro atoms. The number of para-hydroxylation sites is 2. The van der Waals surface area contributed by atoms with Gasteiger partial charge in [-0.15, -0.1) is 0 Å². The minimum atomic E-state index is -4.71. The van der Waals surface area contributed by atoms with Gasteiger partial charge >= 0.3 is 12.4 Å². The standard InChI is InChI=1S/2C16H13F3N4O2S/c1-10-6-11(8-21-7-10)15-22-14(16(17,18)19)9-23(15)12-4-2-3-5-13(12)26(20,24)25;1-10-6-7-21-11(8-10)15-22-14(16(17,18)19)9-23(15)12-4-2-3-5-13(12)26(20,24)25/h2*2-9H,1H3,(H2,20,24,25). The molecule has 4 heterocycles. The molecule has 0 unspecified atom stereocenters. The quantitative estimate of drug-likeness (QED) is 0.199. The van der Waals surface area contributed by atoms with Gasteiger partial charge in [-0.2, -0.15) is 26.3 Å². The molecule has 6 aromatic rings. The van der Waals surface area contributed by atoms with E-state index in [0.717, 1.165) is 27.1 Å². The van der Waals surface area contributed by atoms with Crippen molar-refractivity contribution in [1.29, 1.82) is 0 Å². The van der Waals surface area contributed by atoms with Gasteiger partial charge in [0.25, 0.3) is 0 Å². The fraction of sp³-hybridized carbons (Fsp3) is 0.125. The topological polar surface area (TPSA) is 182 Å². The molecule has 272 valence electrons. The van der Waals surface area contributed by atoms with Crippen molar-refractivity contribution in [3.63, 3.8) is 0 Å². The highest BCUT2D eigenvalue weighted by molar-refractivity contribution is 7.89. The Kier molecular flexibility index (Phi) is 10.1. The second kappa shape index (κ2) is 13.9. The van der Waals surface area contributed by atoms with Crippen molar-refractivity contribution in [3.8, 4) is 34.3 Å². The van der Waals surface area contributed by atoms with E-state index in [1.807, 2.05) is 0 Å². The number of rotatable bonds is 6.